The molecule has 0 bridgehead atoms. The minimum absolute atomic E-state index is 0.0668. The average Bonchev–Trinajstić information content (AvgIpc) is 3.14. The predicted molar refractivity (Wildman–Crippen MR) is 226 cm³/mol. The number of aliphatic hydroxyl groups excluding tert-OH is 1. The molecule has 0 aromatic rings. The zero-order valence-corrected chi connectivity index (χ0v) is 34.6. The van der Waals surface area contributed by atoms with Gasteiger partial charge in [0, 0.05) is 13.0 Å². The molecule has 306 valence electrons. The maximum absolute atomic E-state index is 12.7. The van der Waals surface area contributed by atoms with Crippen molar-refractivity contribution in [2.24, 2.45) is 5.73 Å². The number of rotatable bonds is 38. The Morgan fingerprint density at radius 1 is 0.623 bits per heavy atom. The summed E-state index contributed by atoms with van der Waals surface area (Å²) in [6.07, 6.45) is 51.0. The van der Waals surface area contributed by atoms with Crippen LogP contribution >= 0.6 is 7.82 Å². The second-order valence-electron chi connectivity index (χ2n) is 13.8. The summed E-state index contributed by atoms with van der Waals surface area (Å²) in [6, 6.07) is -0.889. The molecule has 9 heteroatoms. The highest BCUT2D eigenvalue weighted by Crippen LogP contribution is 2.43. The number of amides is 1. The van der Waals surface area contributed by atoms with Crippen molar-refractivity contribution in [3.8, 4) is 0 Å². The van der Waals surface area contributed by atoms with Gasteiger partial charge in [-0.3, -0.25) is 13.8 Å². The van der Waals surface area contributed by atoms with Crippen LogP contribution < -0.4 is 11.1 Å². The maximum atomic E-state index is 12.7. The van der Waals surface area contributed by atoms with Crippen LogP contribution in [0, 0.1) is 0 Å². The lowest BCUT2D eigenvalue weighted by Crippen LogP contribution is -2.45. The van der Waals surface area contributed by atoms with Crippen LogP contribution in [-0.2, 0) is 18.4 Å². The number of carbonyl (C=O) groups excluding carboxylic acids is 1. The van der Waals surface area contributed by atoms with Crippen LogP contribution in [0.5, 0.6) is 0 Å². The van der Waals surface area contributed by atoms with Crippen LogP contribution in [0.4, 0.5) is 0 Å². The normalized spacial score (nSPS) is 14.9. The third kappa shape index (κ3) is 38.0. The topological polar surface area (TPSA) is 131 Å². The largest absolute Gasteiger partial charge is 0.472 e. The van der Waals surface area contributed by atoms with Crippen LogP contribution in [0.25, 0.3) is 0 Å². The Morgan fingerprint density at radius 2 is 1.09 bits per heavy atom. The number of nitrogens with one attached hydrogen (secondary N) is 1. The number of nitrogens with two attached hydrogens (primary N) is 1. The van der Waals surface area contributed by atoms with Crippen LogP contribution in [0.2, 0.25) is 0 Å². The SMILES string of the molecule is CCC/C=C/CC/C=C/CC/C=C/C(O)C(COP(=O)(O)OCCN)NC(=O)CCCCCCCCCC/C=C\C/C=C\C/C=C\CCCCCCC. The van der Waals surface area contributed by atoms with Crippen LogP contribution in [0.15, 0.2) is 72.9 Å². The molecule has 0 spiro atoms. The summed E-state index contributed by atoms with van der Waals surface area (Å²) < 4.78 is 22.0. The molecule has 0 heterocycles. The molecular weight excluding hydrogens is 683 g/mol. The Labute approximate surface area is 325 Å². The van der Waals surface area contributed by atoms with Crippen molar-refractivity contribution >= 4 is 13.7 Å². The summed E-state index contributed by atoms with van der Waals surface area (Å²) in [5.74, 6) is -0.221. The van der Waals surface area contributed by atoms with Gasteiger partial charge < -0.3 is 21.1 Å². The summed E-state index contributed by atoms with van der Waals surface area (Å²) in [5.41, 5.74) is 5.36. The van der Waals surface area contributed by atoms with E-state index in [1.807, 2.05) is 6.08 Å². The fourth-order valence-corrected chi connectivity index (χ4v) is 6.29. The van der Waals surface area contributed by atoms with Gasteiger partial charge in [0.1, 0.15) is 0 Å². The number of aliphatic hydroxyl groups is 1. The fraction of sp³-hybridized carbons (Fsp3) is 0.705. The van der Waals surface area contributed by atoms with Gasteiger partial charge in [0.2, 0.25) is 5.91 Å². The molecule has 0 aromatic heterocycles. The molecule has 0 radical (unpaired) electrons. The van der Waals surface area contributed by atoms with E-state index in [1.165, 1.54) is 70.6 Å². The molecule has 1 amide bonds. The van der Waals surface area contributed by atoms with E-state index >= 15 is 0 Å². The van der Waals surface area contributed by atoms with Crippen molar-refractivity contribution < 1.29 is 28.4 Å². The molecule has 3 unspecified atom stereocenters. The summed E-state index contributed by atoms with van der Waals surface area (Å²) in [4.78, 5) is 22.6. The Hall–Kier alpha value is -2.06. The Bertz CT molecular complexity index is 1050. The third-order valence-corrected chi connectivity index (χ3v) is 9.70. The second-order valence-corrected chi connectivity index (χ2v) is 15.3. The third-order valence-electron chi connectivity index (χ3n) is 8.71. The second kappa shape index (κ2) is 39.6. The van der Waals surface area contributed by atoms with Crippen molar-refractivity contribution in [2.45, 2.75) is 180 Å². The van der Waals surface area contributed by atoms with E-state index in [0.717, 1.165) is 77.0 Å². The first-order chi connectivity index (χ1) is 25.9. The van der Waals surface area contributed by atoms with Crippen LogP contribution in [0.1, 0.15) is 168 Å². The molecular formula is C44H79N2O6P. The van der Waals surface area contributed by atoms with Crippen molar-refractivity contribution in [3.63, 3.8) is 0 Å². The van der Waals surface area contributed by atoms with Crippen molar-refractivity contribution in [3.05, 3.63) is 72.9 Å². The lowest BCUT2D eigenvalue weighted by Gasteiger charge is -2.23. The molecule has 0 aliphatic heterocycles. The molecule has 0 saturated heterocycles. The highest BCUT2D eigenvalue weighted by atomic mass is 31.2. The number of phosphoric ester groups is 1. The Balaban J connectivity index is 4.20. The minimum Gasteiger partial charge on any atom is -0.387 e. The molecule has 0 saturated carbocycles. The van der Waals surface area contributed by atoms with E-state index in [-0.39, 0.29) is 25.7 Å². The van der Waals surface area contributed by atoms with Gasteiger partial charge >= 0.3 is 7.82 Å². The van der Waals surface area contributed by atoms with Gasteiger partial charge in [-0.2, -0.15) is 0 Å². The van der Waals surface area contributed by atoms with E-state index in [9.17, 15) is 19.4 Å². The molecule has 0 rings (SSSR count). The monoisotopic (exact) mass is 763 g/mol. The average molecular weight is 763 g/mol. The maximum Gasteiger partial charge on any atom is 0.472 e. The van der Waals surface area contributed by atoms with E-state index in [2.05, 4.69) is 79.9 Å². The lowest BCUT2D eigenvalue weighted by molar-refractivity contribution is -0.123. The summed E-state index contributed by atoms with van der Waals surface area (Å²) in [7, 11) is -4.35. The van der Waals surface area contributed by atoms with Crippen molar-refractivity contribution in [1.29, 1.82) is 0 Å². The van der Waals surface area contributed by atoms with Crippen LogP contribution in [-0.4, -0.2) is 47.8 Å². The van der Waals surface area contributed by atoms with E-state index < -0.39 is 20.0 Å². The molecule has 0 aromatic carbocycles. The molecule has 53 heavy (non-hydrogen) atoms. The summed E-state index contributed by atoms with van der Waals surface area (Å²) in [6.45, 7) is 3.99. The molecule has 5 N–H and O–H groups in total. The number of allylic oxidation sites excluding steroid dienone is 11. The van der Waals surface area contributed by atoms with Gasteiger partial charge in [0.25, 0.3) is 0 Å². The van der Waals surface area contributed by atoms with Gasteiger partial charge in [0.15, 0.2) is 0 Å². The molecule has 8 nitrogen and oxygen atoms in total. The van der Waals surface area contributed by atoms with Gasteiger partial charge in [-0.05, 0) is 77.0 Å². The van der Waals surface area contributed by atoms with Crippen LogP contribution in [0.3, 0.4) is 0 Å². The van der Waals surface area contributed by atoms with E-state index in [4.69, 9.17) is 14.8 Å². The Kier molecular flexibility index (Phi) is 38.1. The van der Waals surface area contributed by atoms with Crippen molar-refractivity contribution in [2.75, 3.05) is 19.8 Å². The van der Waals surface area contributed by atoms with Gasteiger partial charge in [-0.25, -0.2) is 4.57 Å². The van der Waals surface area contributed by atoms with Gasteiger partial charge in [-0.1, -0.05) is 157 Å². The first-order valence-electron chi connectivity index (χ1n) is 21.1. The zero-order chi connectivity index (χ0) is 38.9. The van der Waals surface area contributed by atoms with Gasteiger partial charge in [0.05, 0.1) is 25.4 Å². The first-order valence-corrected chi connectivity index (χ1v) is 22.6. The molecule has 3 atom stereocenters. The zero-order valence-electron chi connectivity index (χ0n) is 33.7. The Morgan fingerprint density at radius 3 is 1.64 bits per heavy atom. The first kappa shape index (κ1) is 50.9. The molecule has 0 fully saturated rings. The minimum atomic E-state index is -4.35. The fourth-order valence-electron chi connectivity index (χ4n) is 5.53. The molecule has 0 aliphatic carbocycles. The lowest BCUT2D eigenvalue weighted by atomic mass is 10.1. The highest BCUT2D eigenvalue weighted by Gasteiger charge is 2.26. The highest BCUT2D eigenvalue weighted by molar-refractivity contribution is 7.47. The molecule has 0 aliphatic rings. The number of unbranched alkanes of at least 4 members (excludes halogenated alkanes) is 16. The smallest absolute Gasteiger partial charge is 0.387 e. The predicted octanol–water partition coefficient (Wildman–Crippen LogP) is 11.7. The number of hydrogen-bond acceptors (Lipinski definition) is 6. The number of phosphoric acid groups is 1. The summed E-state index contributed by atoms with van der Waals surface area (Å²) in [5, 5.41) is 13.6. The number of carbonyl (C=O) groups is 1. The van der Waals surface area contributed by atoms with E-state index in [1.54, 1.807) is 6.08 Å². The van der Waals surface area contributed by atoms with E-state index in [0.29, 0.717) is 6.42 Å². The standard InChI is InChI=1S/C44H79N2O6P/c1-3-5-7-9-11-13-15-16-17-18-19-20-21-22-23-24-25-26-28-30-32-34-36-38-44(48)46-42(41-52-53(49,50)51-40-39-45)43(47)37-35-33-31-29-27-14-12-10-8-6-4-2/h8,10,15-16,18-19,21-22,27,29,35,37,42-43,47H,3-7,9,11-14,17,20,23-26,28,30-34,36,38-41,45H2,1-2H3,(H,46,48)(H,49,50)/b10-8+,16-15-,19-18-,22-21-,29-27+,37-35+. The quantitative estimate of drug-likeness (QED) is 0.0280. The van der Waals surface area contributed by atoms with Crippen molar-refractivity contribution in [1.82, 2.24) is 5.32 Å². The number of hydrogen-bond donors (Lipinski definition) is 4. The van der Waals surface area contributed by atoms with Gasteiger partial charge in [-0.15, -0.1) is 0 Å². The summed E-state index contributed by atoms with van der Waals surface area (Å²) >= 11 is 0.